The van der Waals surface area contributed by atoms with Gasteiger partial charge in [0.15, 0.2) is 5.03 Å². The van der Waals surface area contributed by atoms with E-state index in [1.165, 1.54) is 12.3 Å². The number of aryl methyl sites for hydroxylation is 3. The third-order valence-corrected chi connectivity index (χ3v) is 4.31. The van der Waals surface area contributed by atoms with Crippen LogP contribution in [0.1, 0.15) is 18.4 Å². The van der Waals surface area contributed by atoms with Gasteiger partial charge in [0.25, 0.3) is 10.0 Å². The van der Waals surface area contributed by atoms with Gasteiger partial charge in [0.05, 0.1) is 11.4 Å². The molecule has 0 fully saturated rings. The molecule has 0 radical (unpaired) electrons. The van der Waals surface area contributed by atoms with Gasteiger partial charge in [-0.15, -0.1) is 0 Å². The van der Waals surface area contributed by atoms with Crippen LogP contribution in [0.15, 0.2) is 23.4 Å². The number of pyridine rings is 1. The fraction of sp³-hybridized carbons (Fsp3) is 0.333. The lowest BCUT2D eigenvalue weighted by atomic mass is 10.3. The number of nitrogens with zero attached hydrogens (tertiary/aromatic N) is 3. The lowest BCUT2D eigenvalue weighted by Gasteiger charge is -2.08. The molecule has 0 aliphatic carbocycles. The van der Waals surface area contributed by atoms with Gasteiger partial charge in [0.2, 0.25) is 0 Å². The lowest BCUT2D eigenvalue weighted by molar-refractivity contribution is 0.598. The average molecular weight is 315 g/mol. The maximum atomic E-state index is 12.3. The number of imidazole rings is 1. The standard InChI is InChI=1S/C12H15ClN4O2S/c1-4-17-7-12(15-9(17)3)20(18,19)16-10-5-6-11(13)14-8(10)2/h5-7,16H,4H2,1-3H3. The Morgan fingerprint density at radius 1 is 1.30 bits per heavy atom. The topological polar surface area (TPSA) is 76.9 Å². The van der Waals surface area contributed by atoms with Crippen LogP contribution in [-0.4, -0.2) is 23.0 Å². The predicted molar refractivity (Wildman–Crippen MR) is 77.4 cm³/mol. The Kier molecular flexibility index (Phi) is 4.01. The molecule has 0 bridgehead atoms. The predicted octanol–water partition coefficient (Wildman–Crippen LogP) is 2.37. The molecule has 0 saturated heterocycles. The average Bonchev–Trinajstić information content (AvgIpc) is 2.75. The quantitative estimate of drug-likeness (QED) is 0.879. The molecule has 6 nitrogen and oxygen atoms in total. The van der Waals surface area contributed by atoms with Crippen LogP contribution >= 0.6 is 11.6 Å². The normalized spacial score (nSPS) is 11.6. The summed E-state index contributed by atoms with van der Waals surface area (Å²) in [6, 6.07) is 3.11. The highest BCUT2D eigenvalue weighted by atomic mass is 35.5. The Bertz CT molecular complexity index is 740. The Hall–Kier alpha value is -1.60. The maximum Gasteiger partial charge on any atom is 0.281 e. The molecule has 0 unspecified atom stereocenters. The highest BCUT2D eigenvalue weighted by Gasteiger charge is 2.20. The number of halogens is 1. The molecule has 2 rings (SSSR count). The summed E-state index contributed by atoms with van der Waals surface area (Å²) in [5.41, 5.74) is 0.894. The molecule has 0 aliphatic rings. The highest BCUT2D eigenvalue weighted by molar-refractivity contribution is 7.92. The van der Waals surface area contributed by atoms with Crippen LogP contribution in [0.2, 0.25) is 5.15 Å². The number of rotatable bonds is 4. The van der Waals surface area contributed by atoms with Crippen LogP contribution in [0, 0.1) is 13.8 Å². The van der Waals surface area contributed by atoms with Crippen LogP contribution in [0.25, 0.3) is 0 Å². The Labute approximate surface area is 122 Å². The first-order chi connectivity index (χ1) is 9.33. The largest absolute Gasteiger partial charge is 0.334 e. The summed E-state index contributed by atoms with van der Waals surface area (Å²) in [7, 11) is -3.73. The molecular formula is C12H15ClN4O2S. The Morgan fingerprint density at radius 3 is 2.55 bits per heavy atom. The monoisotopic (exact) mass is 314 g/mol. The van der Waals surface area contributed by atoms with E-state index in [0.29, 0.717) is 28.9 Å². The summed E-state index contributed by atoms with van der Waals surface area (Å²) in [4.78, 5) is 8.07. The summed E-state index contributed by atoms with van der Waals surface area (Å²) in [5, 5.41) is 0.308. The van der Waals surface area contributed by atoms with Crippen molar-refractivity contribution in [1.29, 1.82) is 0 Å². The van der Waals surface area contributed by atoms with E-state index < -0.39 is 10.0 Å². The van der Waals surface area contributed by atoms with Gasteiger partial charge in [-0.25, -0.2) is 9.97 Å². The summed E-state index contributed by atoms with van der Waals surface area (Å²) in [6.07, 6.45) is 1.51. The van der Waals surface area contributed by atoms with E-state index in [1.807, 2.05) is 6.92 Å². The van der Waals surface area contributed by atoms with E-state index in [2.05, 4.69) is 14.7 Å². The minimum Gasteiger partial charge on any atom is -0.334 e. The van der Waals surface area contributed by atoms with Crippen molar-refractivity contribution in [2.75, 3.05) is 4.72 Å². The van der Waals surface area contributed by atoms with E-state index >= 15 is 0 Å². The van der Waals surface area contributed by atoms with Gasteiger partial charge in [0.1, 0.15) is 11.0 Å². The van der Waals surface area contributed by atoms with Gasteiger partial charge in [-0.05, 0) is 32.9 Å². The zero-order valence-electron chi connectivity index (χ0n) is 11.4. The minimum absolute atomic E-state index is 0.00815. The third kappa shape index (κ3) is 2.94. The van der Waals surface area contributed by atoms with E-state index in [1.54, 1.807) is 24.5 Å². The van der Waals surface area contributed by atoms with Crippen LogP contribution in [0.5, 0.6) is 0 Å². The zero-order valence-corrected chi connectivity index (χ0v) is 13.0. The van der Waals surface area contributed by atoms with Gasteiger partial charge in [-0.2, -0.15) is 8.42 Å². The first-order valence-corrected chi connectivity index (χ1v) is 7.89. The number of hydrogen-bond acceptors (Lipinski definition) is 4. The summed E-state index contributed by atoms with van der Waals surface area (Å²) >= 11 is 5.74. The molecular weight excluding hydrogens is 300 g/mol. The van der Waals surface area contributed by atoms with Crippen molar-refractivity contribution in [3.8, 4) is 0 Å². The molecule has 20 heavy (non-hydrogen) atoms. The molecule has 0 saturated carbocycles. The molecule has 8 heteroatoms. The lowest BCUT2D eigenvalue weighted by Crippen LogP contribution is -2.14. The van der Waals surface area contributed by atoms with Crippen molar-refractivity contribution in [2.45, 2.75) is 32.3 Å². The molecule has 2 heterocycles. The van der Waals surface area contributed by atoms with Gasteiger partial charge in [-0.3, -0.25) is 4.72 Å². The van der Waals surface area contributed by atoms with Crippen molar-refractivity contribution in [2.24, 2.45) is 0 Å². The SMILES string of the molecule is CCn1cc(S(=O)(=O)Nc2ccc(Cl)nc2C)nc1C. The van der Waals surface area contributed by atoms with Crippen LogP contribution in [0.4, 0.5) is 5.69 Å². The van der Waals surface area contributed by atoms with Crippen LogP contribution in [0.3, 0.4) is 0 Å². The summed E-state index contributed by atoms with van der Waals surface area (Å²) in [5.74, 6) is 0.652. The molecule has 0 aliphatic heterocycles. The summed E-state index contributed by atoms with van der Waals surface area (Å²) < 4.78 is 28.8. The second kappa shape index (κ2) is 5.41. The van der Waals surface area contributed by atoms with Gasteiger partial charge < -0.3 is 4.57 Å². The Morgan fingerprint density at radius 2 is 2.00 bits per heavy atom. The molecule has 0 aromatic carbocycles. The molecule has 0 atom stereocenters. The van der Waals surface area contributed by atoms with Gasteiger partial charge >= 0.3 is 0 Å². The second-order valence-electron chi connectivity index (χ2n) is 4.28. The maximum absolute atomic E-state index is 12.3. The second-order valence-corrected chi connectivity index (χ2v) is 6.30. The molecule has 1 N–H and O–H groups in total. The number of nitrogens with one attached hydrogen (secondary N) is 1. The fourth-order valence-corrected chi connectivity index (χ4v) is 3.08. The minimum atomic E-state index is -3.73. The van der Waals surface area contributed by atoms with Crippen LogP contribution in [-0.2, 0) is 16.6 Å². The van der Waals surface area contributed by atoms with Crippen molar-refractivity contribution < 1.29 is 8.42 Å². The first kappa shape index (κ1) is 14.8. The van der Waals surface area contributed by atoms with Crippen molar-refractivity contribution in [3.63, 3.8) is 0 Å². The van der Waals surface area contributed by atoms with Gasteiger partial charge in [-0.1, -0.05) is 11.6 Å². The summed E-state index contributed by atoms with van der Waals surface area (Å²) in [6.45, 7) is 6.03. The van der Waals surface area contributed by atoms with Gasteiger partial charge in [0, 0.05) is 12.7 Å². The zero-order chi connectivity index (χ0) is 14.9. The number of aromatic nitrogens is 3. The molecule has 0 spiro atoms. The molecule has 0 amide bonds. The number of anilines is 1. The molecule has 2 aromatic heterocycles. The first-order valence-electron chi connectivity index (χ1n) is 6.03. The highest BCUT2D eigenvalue weighted by Crippen LogP contribution is 2.20. The van der Waals surface area contributed by atoms with E-state index in [9.17, 15) is 8.42 Å². The van der Waals surface area contributed by atoms with Crippen molar-refractivity contribution in [1.82, 2.24) is 14.5 Å². The smallest absolute Gasteiger partial charge is 0.281 e. The third-order valence-electron chi connectivity index (χ3n) is 2.87. The fourth-order valence-electron chi connectivity index (χ4n) is 1.76. The van der Waals surface area contributed by atoms with Crippen molar-refractivity contribution in [3.05, 3.63) is 35.0 Å². The number of sulfonamides is 1. The van der Waals surface area contributed by atoms with E-state index in [0.717, 1.165) is 0 Å². The van der Waals surface area contributed by atoms with Crippen LogP contribution < -0.4 is 4.72 Å². The van der Waals surface area contributed by atoms with E-state index in [-0.39, 0.29) is 5.03 Å². The molecule has 2 aromatic rings. The number of hydrogen-bond donors (Lipinski definition) is 1. The van der Waals surface area contributed by atoms with E-state index in [4.69, 9.17) is 11.6 Å². The molecule has 108 valence electrons. The Balaban J connectivity index is 2.35. The van der Waals surface area contributed by atoms with Crippen molar-refractivity contribution >= 4 is 27.3 Å².